The van der Waals surface area contributed by atoms with Gasteiger partial charge in [-0.05, 0) is 23.8 Å². The van der Waals surface area contributed by atoms with Crippen LogP contribution >= 0.6 is 23.5 Å². The largest absolute Gasteiger partial charge is 0.497 e. The molecule has 7 N–H and O–H groups in total. The van der Waals surface area contributed by atoms with E-state index in [0.29, 0.717) is 5.75 Å². The predicted molar refractivity (Wildman–Crippen MR) is 104 cm³/mol. The van der Waals surface area contributed by atoms with Crippen LogP contribution in [0.5, 0.6) is 5.75 Å². The number of nitrogens with zero attached hydrogens (tertiary/aromatic N) is 1. The van der Waals surface area contributed by atoms with Gasteiger partial charge in [-0.1, -0.05) is 23.5 Å². The van der Waals surface area contributed by atoms with Gasteiger partial charge in [-0.3, -0.25) is 5.73 Å². The minimum absolute atomic E-state index is 0.142. The number of nitrogens with two attached hydrogens (primary N) is 2. The normalized spacial score (nSPS) is 23.1. The van der Waals surface area contributed by atoms with Crippen LogP contribution in [-0.4, -0.2) is 43.3 Å². The van der Waals surface area contributed by atoms with Gasteiger partial charge in [0.1, 0.15) is 11.2 Å². The molecule has 26 heavy (non-hydrogen) atoms. The SMILES string of the molecule is COc1ccc(NC2NNC(OC)S2)c(C(C#N)C(N)SC(N)OC)c1. The summed E-state index contributed by atoms with van der Waals surface area (Å²) >= 11 is 2.70. The summed E-state index contributed by atoms with van der Waals surface area (Å²) in [6, 6.07) is 7.74. The van der Waals surface area contributed by atoms with Gasteiger partial charge in [0.15, 0.2) is 11.1 Å². The maximum atomic E-state index is 9.72. The van der Waals surface area contributed by atoms with Gasteiger partial charge < -0.3 is 25.3 Å². The molecule has 0 spiro atoms. The second-order valence-corrected chi connectivity index (χ2v) is 7.73. The third kappa shape index (κ3) is 5.38. The van der Waals surface area contributed by atoms with E-state index in [1.807, 2.05) is 12.1 Å². The lowest BCUT2D eigenvalue weighted by molar-refractivity contribution is 0.142. The van der Waals surface area contributed by atoms with E-state index in [0.717, 1.165) is 11.3 Å². The van der Waals surface area contributed by atoms with Crippen molar-refractivity contribution < 1.29 is 14.2 Å². The molecular weight excluding hydrogens is 376 g/mol. The summed E-state index contributed by atoms with van der Waals surface area (Å²) in [7, 11) is 4.69. The molecule has 1 heterocycles. The van der Waals surface area contributed by atoms with E-state index in [1.165, 1.54) is 30.6 Å². The van der Waals surface area contributed by atoms with Gasteiger partial charge in [-0.25, -0.2) is 10.9 Å². The number of ether oxygens (including phenoxy) is 3. The van der Waals surface area contributed by atoms with E-state index < -0.39 is 16.9 Å². The van der Waals surface area contributed by atoms with Crippen LogP contribution in [0.25, 0.3) is 0 Å². The Morgan fingerprint density at radius 1 is 1.31 bits per heavy atom. The van der Waals surface area contributed by atoms with Crippen LogP contribution in [0.4, 0.5) is 5.69 Å². The summed E-state index contributed by atoms with van der Waals surface area (Å²) in [5.74, 6) is 0.0235. The first-order valence-corrected chi connectivity index (χ1v) is 9.63. The van der Waals surface area contributed by atoms with E-state index in [-0.39, 0.29) is 11.1 Å². The molecule has 0 saturated carbocycles. The number of hydrazine groups is 1. The average molecular weight is 401 g/mol. The molecule has 9 nitrogen and oxygen atoms in total. The fourth-order valence-electron chi connectivity index (χ4n) is 2.33. The molecule has 1 saturated heterocycles. The van der Waals surface area contributed by atoms with Crippen LogP contribution < -0.4 is 32.4 Å². The lowest BCUT2D eigenvalue weighted by Gasteiger charge is -2.24. The molecule has 2 rings (SSSR count). The van der Waals surface area contributed by atoms with Gasteiger partial charge >= 0.3 is 0 Å². The maximum absolute atomic E-state index is 9.72. The molecular formula is C15H24N6O3S2. The van der Waals surface area contributed by atoms with E-state index in [9.17, 15) is 5.26 Å². The molecule has 0 bridgehead atoms. The van der Waals surface area contributed by atoms with Crippen LogP contribution in [0.2, 0.25) is 0 Å². The molecule has 11 heteroatoms. The number of anilines is 1. The molecule has 1 aromatic rings. The fraction of sp³-hybridized carbons (Fsp3) is 0.533. The van der Waals surface area contributed by atoms with Crippen molar-refractivity contribution >= 4 is 29.2 Å². The van der Waals surface area contributed by atoms with Crippen LogP contribution in [-0.2, 0) is 9.47 Å². The van der Waals surface area contributed by atoms with Crippen molar-refractivity contribution in [3.63, 3.8) is 0 Å². The highest BCUT2D eigenvalue weighted by Gasteiger charge is 2.28. The highest BCUT2D eigenvalue weighted by Crippen LogP contribution is 2.35. The summed E-state index contributed by atoms with van der Waals surface area (Å²) in [5, 5.41) is 12.5. The average Bonchev–Trinajstić information content (AvgIpc) is 3.11. The summed E-state index contributed by atoms with van der Waals surface area (Å²) < 4.78 is 15.6. The Morgan fingerprint density at radius 3 is 2.65 bits per heavy atom. The van der Waals surface area contributed by atoms with Gasteiger partial charge in [0.2, 0.25) is 0 Å². The first-order valence-electron chi connectivity index (χ1n) is 7.75. The van der Waals surface area contributed by atoms with Gasteiger partial charge in [0.25, 0.3) is 0 Å². The van der Waals surface area contributed by atoms with Gasteiger partial charge in [-0.15, -0.1) is 0 Å². The molecule has 5 unspecified atom stereocenters. The van der Waals surface area contributed by atoms with Crippen molar-refractivity contribution in [2.24, 2.45) is 11.5 Å². The Balaban J connectivity index is 2.24. The summed E-state index contributed by atoms with van der Waals surface area (Å²) in [6.07, 6.45) is 0. The second kappa shape index (κ2) is 10.2. The highest BCUT2D eigenvalue weighted by molar-refractivity contribution is 8.00. The third-order valence-corrected chi connectivity index (χ3v) is 5.79. The van der Waals surface area contributed by atoms with Crippen LogP contribution in [0.3, 0.4) is 0 Å². The number of nitriles is 1. The number of hydrogen-bond donors (Lipinski definition) is 5. The quantitative estimate of drug-likeness (QED) is 0.374. The van der Waals surface area contributed by atoms with Crippen LogP contribution in [0.1, 0.15) is 11.5 Å². The Bertz CT molecular complexity index is 632. The fourth-order valence-corrected chi connectivity index (χ4v) is 3.94. The lowest BCUT2D eigenvalue weighted by Crippen LogP contribution is -2.37. The van der Waals surface area contributed by atoms with Crippen LogP contribution in [0, 0.1) is 11.3 Å². The third-order valence-electron chi connectivity index (χ3n) is 3.68. The number of thioether (sulfide) groups is 2. The predicted octanol–water partition coefficient (Wildman–Crippen LogP) is 0.676. The van der Waals surface area contributed by atoms with Gasteiger partial charge in [-0.2, -0.15) is 5.26 Å². The Hall–Kier alpha value is -1.23. The molecule has 0 amide bonds. The van der Waals surface area contributed by atoms with Crippen molar-refractivity contribution in [3.8, 4) is 11.8 Å². The zero-order chi connectivity index (χ0) is 19.1. The molecule has 5 atom stereocenters. The van der Waals surface area contributed by atoms with E-state index in [1.54, 1.807) is 20.3 Å². The molecule has 1 aliphatic rings. The number of methoxy groups -OCH3 is 3. The monoisotopic (exact) mass is 400 g/mol. The Labute approximate surface area is 161 Å². The van der Waals surface area contributed by atoms with E-state index in [4.69, 9.17) is 25.7 Å². The van der Waals surface area contributed by atoms with Crippen molar-refractivity contribution in [1.82, 2.24) is 10.9 Å². The van der Waals surface area contributed by atoms with Gasteiger partial charge in [0.05, 0.1) is 24.5 Å². The minimum Gasteiger partial charge on any atom is -0.497 e. The highest BCUT2D eigenvalue weighted by atomic mass is 32.2. The zero-order valence-corrected chi connectivity index (χ0v) is 16.4. The molecule has 1 aromatic carbocycles. The smallest absolute Gasteiger partial charge is 0.171 e. The molecule has 1 aliphatic heterocycles. The molecule has 0 radical (unpaired) electrons. The summed E-state index contributed by atoms with van der Waals surface area (Å²) in [4.78, 5) is 0. The summed E-state index contributed by atoms with van der Waals surface area (Å²) in [6.45, 7) is 0. The standard InChI is InChI=1S/C15H24N6O3S2/c1-22-8-4-5-11(19-14-20-21-15(24-3)26-14)9(6-8)10(7-16)12(17)25-13(18)23-2/h4-6,10,12-15,19-21H,17-18H2,1-3H3. The molecule has 0 aromatic heterocycles. The van der Waals surface area contributed by atoms with Crippen LogP contribution in [0.15, 0.2) is 18.2 Å². The number of benzene rings is 1. The Kier molecular flexibility index (Phi) is 8.26. The minimum atomic E-state index is -0.614. The number of rotatable bonds is 9. The topological polar surface area (TPSA) is 140 Å². The van der Waals surface area contributed by atoms with Gasteiger partial charge in [0, 0.05) is 19.9 Å². The first-order chi connectivity index (χ1) is 12.5. The van der Waals surface area contributed by atoms with Crippen molar-refractivity contribution in [1.29, 1.82) is 5.26 Å². The Morgan fingerprint density at radius 2 is 2.08 bits per heavy atom. The molecule has 0 aliphatic carbocycles. The molecule has 144 valence electrons. The lowest BCUT2D eigenvalue weighted by atomic mass is 9.98. The van der Waals surface area contributed by atoms with Crippen molar-refractivity contribution in [3.05, 3.63) is 23.8 Å². The van der Waals surface area contributed by atoms with E-state index >= 15 is 0 Å². The summed E-state index contributed by atoms with van der Waals surface area (Å²) in [5.41, 5.74) is 18.6. The molecule has 1 fully saturated rings. The van der Waals surface area contributed by atoms with Crippen molar-refractivity contribution in [2.75, 3.05) is 26.6 Å². The second-order valence-electron chi connectivity index (χ2n) is 5.28. The number of hydrogen-bond acceptors (Lipinski definition) is 11. The number of nitrogens with one attached hydrogen (secondary N) is 3. The van der Waals surface area contributed by atoms with E-state index in [2.05, 4.69) is 22.2 Å². The maximum Gasteiger partial charge on any atom is 0.171 e. The first kappa shape index (κ1) is 21.1. The van der Waals surface area contributed by atoms with Crippen molar-refractivity contribution in [2.45, 2.75) is 27.9 Å². The zero-order valence-electron chi connectivity index (χ0n) is 14.8.